The van der Waals surface area contributed by atoms with E-state index in [-0.39, 0.29) is 17.9 Å². The number of ether oxygens (including phenoxy) is 2. The lowest BCUT2D eigenvalue weighted by atomic mass is 10.1. The van der Waals surface area contributed by atoms with Crippen LogP contribution in [0.15, 0.2) is 42.5 Å². The third-order valence-corrected chi connectivity index (χ3v) is 5.43. The quantitative estimate of drug-likeness (QED) is 0.811. The van der Waals surface area contributed by atoms with E-state index < -0.39 is 0 Å². The van der Waals surface area contributed by atoms with Gasteiger partial charge >= 0.3 is 0 Å². The van der Waals surface area contributed by atoms with Crippen molar-refractivity contribution in [2.75, 3.05) is 26.3 Å². The number of halogens is 1. The number of hydrogen-bond acceptors (Lipinski definition) is 4. The molecule has 0 spiro atoms. The zero-order valence-electron chi connectivity index (χ0n) is 16.0. The molecule has 2 aromatic carbocycles. The Labute approximate surface area is 174 Å². The molecular formula is C22H23ClN2O4. The first-order valence-electron chi connectivity index (χ1n) is 9.84. The molecule has 1 N–H and O–H groups in total. The minimum Gasteiger partial charge on any atom is -0.489 e. The molecule has 0 saturated carbocycles. The zero-order chi connectivity index (χ0) is 20.2. The van der Waals surface area contributed by atoms with Gasteiger partial charge in [0.25, 0.3) is 5.91 Å². The van der Waals surface area contributed by atoms with Gasteiger partial charge < -0.3 is 19.7 Å². The molecule has 2 aliphatic rings. The van der Waals surface area contributed by atoms with Gasteiger partial charge in [-0.05, 0) is 24.1 Å². The Morgan fingerprint density at radius 2 is 1.93 bits per heavy atom. The number of nitrogens with one attached hydrogen (secondary N) is 1. The number of likely N-dealkylation sites (tertiary alicyclic amines) is 1. The lowest BCUT2D eigenvalue weighted by Crippen LogP contribution is -2.38. The van der Waals surface area contributed by atoms with Crippen LogP contribution in [0.5, 0.6) is 11.5 Å². The number of hydrogen-bond donors (Lipinski definition) is 1. The molecule has 0 bridgehead atoms. The fraction of sp³-hybridized carbons (Fsp3) is 0.364. The van der Waals surface area contributed by atoms with Crippen LogP contribution in [-0.4, -0.2) is 43.0 Å². The zero-order valence-corrected chi connectivity index (χ0v) is 16.8. The first-order valence-corrected chi connectivity index (χ1v) is 10.2. The monoisotopic (exact) mass is 414 g/mol. The van der Waals surface area contributed by atoms with Gasteiger partial charge in [0.05, 0.1) is 24.3 Å². The summed E-state index contributed by atoms with van der Waals surface area (Å²) in [5.41, 5.74) is 1.34. The van der Waals surface area contributed by atoms with Crippen molar-refractivity contribution in [1.29, 1.82) is 0 Å². The number of fused-ring (bicyclic) bond motifs is 1. The molecule has 0 aliphatic carbocycles. The molecule has 1 fully saturated rings. The van der Waals surface area contributed by atoms with Gasteiger partial charge in [0, 0.05) is 31.5 Å². The van der Waals surface area contributed by atoms with Crippen LogP contribution in [-0.2, 0) is 4.79 Å². The second-order valence-electron chi connectivity index (χ2n) is 7.22. The first kappa shape index (κ1) is 19.6. The third kappa shape index (κ3) is 4.48. The molecule has 1 atom stereocenters. The highest BCUT2D eigenvalue weighted by Crippen LogP contribution is 2.38. The van der Waals surface area contributed by atoms with E-state index in [1.165, 1.54) is 0 Å². The molecule has 7 heteroatoms. The number of carbonyl (C=O) groups is 2. The van der Waals surface area contributed by atoms with Gasteiger partial charge in [0.15, 0.2) is 11.5 Å². The molecule has 4 rings (SSSR count). The third-order valence-electron chi connectivity index (χ3n) is 5.15. The number of amides is 2. The second-order valence-corrected chi connectivity index (χ2v) is 7.62. The van der Waals surface area contributed by atoms with Crippen molar-refractivity contribution < 1.29 is 19.1 Å². The van der Waals surface area contributed by atoms with E-state index in [4.69, 9.17) is 21.1 Å². The van der Waals surface area contributed by atoms with E-state index in [0.717, 1.165) is 18.4 Å². The van der Waals surface area contributed by atoms with Crippen molar-refractivity contribution in [3.05, 3.63) is 58.6 Å². The van der Waals surface area contributed by atoms with Crippen molar-refractivity contribution in [3.8, 4) is 11.5 Å². The van der Waals surface area contributed by atoms with Crippen molar-refractivity contribution in [2.45, 2.75) is 25.3 Å². The largest absolute Gasteiger partial charge is 0.489 e. The number of carbonyl (C=O) groups excluding carboxylic acids is 2. The summed E-state index contributed by atoms with van der Waals surface area (Å²) >= 11 is 6.34. The summed E-state index contributed by atoms with van der Waals surface area (Å²) in [6.07, 6.45) is 2.17. The highest BCUT2D eigenvalue weighted by Gasteiger charge is 2.26. The van der Waals surface area contributed by atoms with Gasteiger partial charge in [-0.15, -0.1) is 0 Å². The lowest BCUT2D eigenvalue weighted by Gasteiger charge is -2.25. The number of benzene rings is 2. The standard InChI is InChI=1S/C22H23ClN2O4/c23-17-12-16(13-19-21(17)29-11-5-10-28-19)22(27)24-18(15-6-2-1-3-7-15)14-25-9-4-8-20(25)26/h1-3,6-7,12-13,18H,4-5,8-11,14H2,(H,24,27). The lowest BCUT2D eigenvalue weighted by molar-refractivity contribution is -0.128. The molecule has 29 heavy (non-hydrogen) atoms. The second kappa shape index (κ2) is 8.74. The summed E-state index contributed by atoms with van der Waals surface area (Å²) < 4.78 is 11.3. The van der Waals surface area contributed by atoms with Gasteiger partial charge in [-0.3, -0.25) is 9.59 Å². The fourth-order valence-electron chi connectivity index (χ4n) is 3.64. The predicted molar refractivity (Wildman–Crippen MR) is 110 cm³/mol. The summed E-state index contributed by atoms with van der Waals surface area (Å²) in [5.74, 6) is 0.802. The maximum Gasteiger partial charge on any atom is 0.252 e. The van der Waals surface area contributed by atoms with E-state index in [1.54, 1.807) is 17.0 Å². The highest BCUT2D eigenvalue weighted by molar-refractivity contribution is 6.32. The predicted octanol–water partition coefficient (Wildman–Crippen LogP) is 3.59. The fourth-order valence-corrected chi connectivity index (χ4v) is 3.91. The summed E-state index contributed by atoms with van der Waals surface area (Å²) in [4.78, 5) is 26.9. The summed E-state index contributed by atoms with van der Waals surface area (Å²) in [7, 11) is 0. The molecule has 2 amide bonds. The van der Waals surface area contributed by atoms with Gasteiger partial charge in [-0.1, -0.05) is 41.9 Å². The summed E-state index contributed by atoms with van der Waals surface area (Å²) in [6.45, 7) is 2.19. The average Bonchev–Trinajstić information content (AvgIpc) is 2.98. The van der Waals surface area contributed by atoms with Crippen LogP contribution in [0.3, 0.4) is 0 Å². The van der Waals surface area contributed by atoms with Crippen LogP contribution >= 0.6 is 11.6 Å². The van der Waals surface area contributed by atoms with Gasteiger partial charge in [-0.25, -0.2) is 0 Å². The Hall–Kier alpha value is -2.73. The van der Waals surface area contributed by atoms with Crippen LogP contribution in [0.4, 0.5) is 0 Å². The van der Waals surface area contributed by atoms with Crippen molar-refractivity contribution >= 4 is 23.4 Å². The Balaban J connectivity index is 1.57. The first-order chi connectivity index (χ1) is 14.1. The van der Waals surface area contributed by atoms with Crippen molar-refractivity contribution in [3.63, 3.8) is 0 Å². The smallest absolute Gasteiger partial charge is 0.252 e. The van der Waals surface area contributed by atoms with Crippen LogP contribution in [0.25, 0.3) is 0 Å². The Bertz CT molecular complexity index is 903. The molecule has 152 valence electrons. The summed E-state index contributed by atoms with van der Waals surface area (Å²) in [6, 6.07) is 12.6. The molecular weight excluding hydrogens is 392 g/mol. The number of rotatable bonds is 5. The normalized spacial score (nSPS) is 17.0. The molecule has 0 radical (unpaired) electrons. The molecule has 2 heterocycles. The van der Waals surface area contributed by atoms with Crippen LogP contribution in [0.2, 0.25) is 5.02 Å². The van der Waals surface area contributed by atoms with E-state index in [1.807, 2.05) is 30.3 Å². The van der Waals surface area contributed by atoms with E-state index in [9.17, 15) is 9.59 Å². The minimum absolute atomic E-state index is 0.124. The van der Waals surface area contributed by atoms with Crippen LogP contribution in [0, 0.1) is 0 Å². The summed E-state index contributed by atoms with van der Waals surface area (Å²) in [5, 5.41) is 3.41. The highest BCUT2D eigenvalue weighted by atomic mass is 35.5. The number of nitrogens with zero attached hydrogens (tertiary/aromatic N) is 1. The molecule has 6 nitrogen and oxygen atoms in total. The SMILES string of the molecule is O=C(NC(CN1CCCC1=O)c1ccccc1)c1cc(Cl)c2c(c1)OCCCO2. The minimum atomic E-state index is -0.319. The molecule has 1 saturated heterocycles. The van der Waals surface area contributed by atoms with Gasteiger partial charge in [0.1, 0.15) is 0 Å². The van der Waals surface area contributed by atoms with E-state index in [0.29, 0.717) is 54.8 Å². The van der Waals surface area contributed by atoms with Crippen LogP contribution < -0.4 is 14.8 Å². The Morgan fingerprint density at radius 3 is 2.69 bits per heavy atom. The van der Waals surface area contributed by atoms with Crippen molar-refractivity contribution in [1.82, 2.24) is 10.2 Å². The maximum absolute atomic E-state index is 13.0. The van der Waals surface area contributed by atoms with Crippen LogP contribution in [0.1, 0.15) is 41.2 Å². The molecule has 1 unspecified atom stereocenters. The van der Waals surface area contributed by atoms with Crippen molar-refractivity contribution in [2.24, 2.45) is 0 Å². The van der Waals surface area contributed by atoms with Gasteiger partial charge in [0.2, 0.25) is 5.91 Å². The molecule has 0 aromatic heterocycles. The average molecular weight is 415 g/mol. The molecule has 2 aliphatic heterocycles. The Kier molecular flexibility index (Phi) is 5.90. The Morgan fingerprint density at radius 1 is 1.14 bits per heavy atom. The van der Waals surface area contributed by atoms with Gasteiger partial charge in [-0.2, -0.15) is 0 Å². The van der Waals surface area contributed by atoms with E-state index >= 15 is 0 Å². The maximum atomic E-state index is 13.0. The van der Waals surface area contributed by atoms with E-state index in [2.05, 4.69) is 5.32 Å². The topological polar surface area (TPSA) is 67.9 Å². The molecule has 2 aromatic rings.